The van der Waals surface area contributed by atoms with Crippen molar-refractivity contribution in [2.45, 2.75) is 47.0 Å². The minimum atomic E-state index is 0.558. The molecule has 0 aromatic heterocycles. The van der Waals surface area contributed by atoms with Crippen LogP contribution in [0.25, 0.3) is 0 Å². The van der Waals surface area contributed by atoms with Gasteiger partial charge >= 0.3 is 0 Å². The molecule has 1 aliphatic carbocycles. The van der Waals surface area contributed by atoms with Crippen molar-refractivity contribution in [2.75, 3.05) is 0 Å². The highest BCUT2D eigenvalue weighted by Crippen LogP contribution is 2.63. The van der Waals surface area contributed by atoms with E-state index in [1.807, 2.05) is 0 Å². The van der Waals surface area contributed by atoms with Crippen LogP contribution in [-0.2, 0) is 0 Å². The molecule has 1 saturated carbocycles. The fourth-order valence-electron chi connectivity index (χ4n) is 2.88. The van der Waals surface area contributed by atoms with E-state index in [9.17, 15) is 0 Å². The summed E-state index contributed by atoms with van der Waals surface area (Å²) in [4.78, 5) is 0. The van der Waals surface area contributed by atoms with Gasteiger partial charge in [-0.3, -0.25) is 0 Å². The zero-order chi connectivity index (χ0) is 10.8. The van der Waals surface area contributed by atoms with Gasteiger partial charge in [0, 0.05) is 0 Å². The van der Waals surface area contributed by atoms with Crippen molar-refractivity contribution in [3.8, 4) is 0 Å². The third-order valence-electron chi connectivity index (χ3n) is 3.86. The second-order valence-corrected chi connectivity index (χ2v) is 5.10. The predicted octanol–water partition coefficient (Wildman–Crippen LogP) is 4.58. The van der Waals surface area contributed by atoms with E-state index in [0.717, 1.165) is 11.8 Å². The molecule has 0 spiro atoms. The minimum absolute atomic E-state index is 0.558. The van der Waals surface area contributed by atoms with Crippen LogP contribution in [0.2, 0.25) is 0 Å². The molecule has 0 radical (unpaired) electrons. The molecule has 0 N–H and O–H groups in total. The Labute approximate surface area is 89.1 Å². The fraction of sp³-hybridized carbons (Fsp3) is 0.714. The van der Waals surface area contributed by atoms with Crippen molar-refractivity contribution in [1.29, 1.82) is 0 Å². The fourth-order valence-corrected chi connectivity index (χ4v) is 2.88. The van der Waals surface area contributed by atoms with E-state index >= 15 is 0 Å². The molecule has 1 aliphatic rings. The SMILES string of the molecule is C=CC1C(CC)C1(C)CCC=C(C)C. The summed E-state index contributed by atoms with van der Waals surface area (Å²) in [6.45, 7) is 13.0. The molecule has 0 heteroatoms. The van der Waals surface area contributed by atoms with Gasteiger partial charge in [-0.15, -0.1) is 6.58 Å². The highest BCUT2D eigenvalue weighted by molar-refractivity contribution is 5.14. The lowest BCUT2D eigenvalue weighted by Crippen LogP contribution is -1.98. The largest absolute Gasteiger partial charge is 0.103 e. The molecule has 0 aromatic carbocycles. The van der Waals surface area contributed by atoms with Gasteiger partial charge in [0.1, 0.15) is 0 Å². The van der Waals surface area contributed by atoms with Crippen molar-refractivity contribution in [3.63, 3.8) is 0 Å². The molecule has 0 saturated heterocycles. The van der Waals surface area contributed by atoms with Crippen LogP contribution < -0.4 is 0 Å². The molecule has 3 unspecified atom stereocenters. The average Bonchev–Trinajstić information content (AvgIpc) is 2.69. The molecule has 0 aromatic rings. The van der Waals surface area contributed by atoms with E-state index in [1.54, 1.807) is 0 Å². The summed E-state index contributed by atoms with van der Waals surface area (Å²) < 4.78 is 0. The molecule has 14 heavy (non-hydrogen) atoms. The van der Waals surface area contributed by atoms with Crippen molar-refractivity contribution >= 4 is 0 Å². The maximum Gasteiger partial charge on any atom is -0.0146 e. The molecule has 3 atom stereocenters. The summed E-state index contributed by atoms with van der Waals surface area (Å²) in [7, 11) is 0. The minimum Gasteiger partial charge on any atom is -0.103 e. The number of rotatable bonds is 5. The van der Waals surface area contributed by atoms with Gasteiger partial charge in [-0.25, -0.2) is 0 Å². The molecular formula is C14H24. The van der Waals surface area contributed by atoms with Crippen molar-refractivity contribution in [2.24, 2.45) is 17.3 Å². The standard InChI is InChI=1S/C14H24/c1-6-12-13(7-2)14(12,5)10-8-9-11(3)4/h6,9,12-13H,1,7-8,10H2,2-5H3. The molecule has 80 valence electrons. The third kappa shape index (κ3) is 2.10. The van der Waals surface area contributed by atoms with Crippen LogP contribution in [0.4, 0.5) is 0 Å². The zero-order valence-electron chi connectivity index (χ0n) is 10.1. The van der Waals surface area contributed by atoms with Crippen LogP contribution in [0.3, 0.4) is 0 Å². The van der Waals surface area contributed by atoms with Gasteiger partial charge in [0.25, 0.3) is 0 Å². The van der Waals surface area contributed by atoms with Crippen molar-refractivity contribution in [3.05, 3.63) is 24.3 Å². The smallest absolute Gasteiger partial charge is 0.0146 e. The van der Waals surface area contributed by atoms with Crippen LogP contribution in [0, 0.1) is 17.3 Å². The molecule has 0 bridgehead atoms. The summed E-state index contributed by atoms with van der Waals surface area (Å²) in [5.41, 5.74) is 2.00. The highest BCUT2D eigenvalue weighted by atomic mass is 14.6. The van der Waals surface area contributed by atoms with Gasteiger partial charge in [0.15, 0.2) is 0 Å². The Morgan fingerprint density at radius 3 is 2.43 bits per heavy atom. The van der Waals surface area contributed by atoms with E-state index < -0.39 is 0 Å². The maximum atomic E-state index is 3.94. The van der Waals surface area contributed by atoms with Crippen LogP contribution in [-0.4, -0.2) is 0 Å². The first-order valence-corrected chi connectivity index (χ1v) is 5.82. The Morgan fingerprint density at radius 1 is 1.43 bits per heavy atom. The predicted molar refractivity (Wildman–Crippen MR) is 64.2 cm³/mol. The second-order valence-electron chi connectivity index (χ2n) is 5.10. The van der Waals surface area contributed by atoms with Gasteiger partial charge in [0.2, 0.25) is 0 Å². The van der Waals surface area contributed by atoms with Gasteiger partial charge in [-0.05, 0) is 43.9 Å². The van der Waals surface area contributed by atoms with E-state index in [-0.39, 0.29) is 0 Å². The Hall–Kier alpha value is -0.520. The Balaban J connectivity index is 2.44. The number of allylic oxidation sites excluding steroid dienone is 3. The third-order valence-corrected chi connectivity index (χ3v) is 3.86. The summed E-state index contributed by atoms with van der Waals surface area (Å²) in [6.07, 6.45) is 8.39. The molecule has 0 aliphatic heterocycles. The Kier molecular flexibility index (Phi) is 3.58. The number of hydrogen-bond acceptors (Lipinski definition) is 0. The lowest BCUT2D eigenvalue weighted by Gasteiger charge is -2.09. The Morgan fingerprint density at radius 2 is 2.07 bits per heavy atom. The molecule has 1 fully saturated rings. The molecule has 0 nitrogen and oxygen atoms in total. The summed E-state index contributed by atoms with van der Waals surface area (Å²) in [5.74, 6) is 1.67. The summed E-state index contributed by atoms with van der Waals surface area (Å²) >= 11 is 0. The van der Waals surface area contributed by atoms with Gasteiger partial charge in [-0.2, -0.15) is 0 Å². The van der Waals surface area contributed by atoms with Crippen molar-refractivity contribution in [1.82, 2.24) is 0 Å². The van der Waals surface area contributed by atoms with E-state index in [4.69, 9.17) is 0 Å². The topological polar surface area (TPSA) is 0 Å². The maximum absolute atomic E-state index is 3.94. The molecule has 0 amide bonds. The van der Waals surface area contributed by atoms with Crippen LogP contribution >= 0.6 is 0 Å². The lowest BCUT2D eigenvalue weighted by atomic mass is 9.96. The molecular weight excluding hydrogens is 168 g/mol. The molecule has 1 rings (SSSR count). The monoisotopic (exact) mass is 192 g/mol. The number of hydrogen-bond donors (Lipinski definition) is 0. The van der Waals surface area contributed by atoms with Gasteiger partial charge in [-0.1, -0.05) is 38.0 Å². The van der Waals surface area contributed by atoms with E-state index in [2.05, 4.69) is 46.4 Å². The summed E-state index contributed by atoms with van der Waals surface area (Å²) in [5, 5.41) is 0. The normalized spacial score (nSPS) is 35.1. The van der Waals surface area contributed by atoms with Crippen LogP contribution in [0.1, 0.15) is 47.0 Å². The molecule has 0 heterocycles. The lowest BCUT2D eigenvalue weighted by molar-refractivity contribution is 0.449. The quantitative estimate of drug-likeness (QED) is 0.559. The Bertz CT molecular complexity index is 232. The summed E-state index contributed by atoms with van der Waals surface area (Å²) in [6, 6.07) is 0. The van der Waals surface area contributed by atoms with Crippen LogP contribution in [0.15, 0.2) is 24.3 Å². The van der Waals surface area contributed by atoms with Gasteiger partial charge < -0.3 is 0 Å². The van der Waals surface area contributed by atoms with Crippen LogP contribution in [0.5, 0.6) is 0 Å². The first-order chi connectivity index (χ1) is 6.56. The van der Waals surface area contributed by atoms with E-state index in [0.29, 0.717) is 5.41 Å². The van der Waals surface area contributed by atoms with Gasteiger partial charge in [0.05, 0.1) is 0 Å². The van der Waals surface area contributed by atoms with Crippen molar-refractivity contribution < 1.29 is 0 Å². The second kappa shape index (κ2) is 4.33. The highest BCUT2D eigenvalue weighted by Gasteiger charge is 2.56. The average molecular weight is 192 g/mol. The zero-order valence-corrected chi connectivity index (χ0v) is 10.1. The van der Waals surface area contributed by atoms with E-state index in [1.165, 1.54) is 24.8 Å². The first-order valence-electron chi connectivity index (χ1n) is 5.82. The first kappa shape index (κ1) is 11.6.